The molecule has 2 heterocycles. The van der Waals surface area contributed by atoms with Gasteiger partial charge in [0.2, 0.25) is 17.7 Å². The van der Waals surface area contributed by atoms with Crippen molar-refractivity contribution in [3.63, 3.8) is 0 Å². The molecule has 0 radical (unpaired) electrons. The van der Waals surface area contributed by atoms with Gasteiger partial charge in [0.15, 0.2) is 0 Å². The molecule has 0 saturated heterocycles. The number of para-hydroxylation sites is 1. The minimum absolute atomic E-state index is 0.0566. The number of hydrogen-bond donors (Lipinski definition) is 1. The molecule has 2 aromatic heterocycles. The van der Waals surface area contributed by atoms with Crippen LogP contribution in [-0.2, 0) is 21.0 Å². The summed E-state index contributed by atoms with van der Waals surface area (Å²) in [6.45, 7) is 3.18. The molecule has 0 atom stereocenters. The molecule has 0 aliphatic heterocycles. The summed E-state index contributed by atoms with van der Waals surface area (Å²) in [4.78, 5) is 49.4. The molecule has 5 aromatic rings. The zero-order valence-corrected chi connectivity index (χ0v) is 27.4. The van der Waals surface area contributed by atoms with Crippen molar-refractivity contribution in [1.82, 2.24) is 15.3 Å². The fourth-order valence-corrected chi connectivity index (χ4v) is 5.45. The van der Waals surface area contributed by atoms with Crippen LogP contribution in [0.25, 0.3) is 17.0 Å². The second kappa shape index (κ2) is 14.9. The van der Waals surface area contributed by atoms with Crippen molar-refractivity contribution in [3.8, 4) is 5.75 Å². The van der Waals surface area contributed by atoms with E-state index < -0.39 is 5.91 Å². The van der Waals surface area contributed by atoms with Gasteiger partial charge < -0.3 is 15.0 Å². The third kappa shape index (κ3) is 7.95. The Kier molecular flexibility index (Phi) is 10.5. The standard InChI is InChI=1S/C36H31Cl2N5O4/c1-23-9-13-26-6-4-8-32(36(26)41-23)47-22-29-30(37)16-17-31(35(29)38)42(3)34(46)21-40-33(45)18-12-25-10-14-27(15-11-25)43(24(2)44)28-7-5-19-39-20-28/h4-20H,21-22H2,1-3H3,(H,40,45). The topological polar surface area (TPSA) is 105 Å². The Bertz CT molecular complexity index is 1970. The highest BCUT2D eigenvalue weighted by molar-refractivity contribution is 6.38. The fourth-order valence-electron chi connectivity index (χ4n) is 4.84. The van der Waals surface area contributed by atoms with Crippen molar-refractivity contribution in [2.24, 2.45) is 0 Å². The quantitative estimate of drug-likeness (QED) is 0.157. The van der Waals surface area contributed by atoms with Crippen LogP contribution in [0.5, 0.6) is 5.75 Å². The van der Waals surface area contributed by atoms with Gasteiger partial charge in [-0.15, -0.1) is 0 Å². The van der Waals surface area contributed by atoms with E-state index in [2.05, 4.69) is 15.3 Å². The Morgan fingerprint density at radius 3 is 2.45 bits per heavy atom. The molecule has 3 aromatic carbocycles. The van der Waals surface area contributed by atoms with E-state index in [9.17, 15) is 14.4 Å². The molecular weight excluding hydrogens is 637 g/mol. The summed E-state index contributed by atoms with van der Waals surface area (Å²) in [7, 11) is 1.57. The van der Waals surface area contributed by atoms with Crippen molar-refractivity contribution in [2.75, 3.05) is 23.4 Å². The van der Waals surface area contributed by atoms with E-state index in [1.54, 1.807) is 78.9 Å². The van der Waals surface area contributed by atoms with E-state index >= 15 is 0 Å². The van der Waals surface area contributed by atoms with Crippen LogP contribution in [0.4, 0.5) is 17.1 Å². The third-order valence-electron chi connectivity index (χ3n) is 7.31. The number of hydrogen-bond acceptors (Lipinski definition) is 6. The average molecular weight is 669 g/mol. The van der Waals surface area contributed by atoms with Crippen LogP contribution in [-0.4, -0.2) is 41.3 Å². The Morgan fingerprint density at radius 2 is 1.72 bits per heavy atom. The summed E-state index contributed by atoms with van der Waals surface area (Å²) in [6, 6.07) is 23.5. The lowest BCUT2D eigenvalue weighted by Gasteiger charge is -2.21. The monoisotopic (exact) mass is 667 g/mol. The SMILES string of the molecule is CC(=O)N(c1ccc(C=CC(=O)NCC(=O)N(C)c2ccc(Cl)c(COc3cccc4ccc(C)nc34)c2Cl)cc1)c1cccnc1. The molecule has 0 unspecified atom stereocenters. The zero-order valence-electron chi connectivity index (χ0n) is 25.9. The minimum atomic E-state index is -0.452. The number of rotatable bonds is 10. The van der Waals surface area contributed by atoms with Crippen molar-refractivity contribution < 1.29 is 19.1 Å². The summed E-state index contributed by atoms with van der Waals surface area (Å²) in [5.74, 6) is -0.414. The molecular formula is C36H31Cl2N5O4. The average Bonchev–Trinajstić information content (AvgIpc) is 3.07. The summed E-state index contributed by atoms with van der Waals surface area (Å²) in [5, 5.41) is 4.20. The number of likely N-dealkylation sites (N-methyl/N-ethyl adjacent to an activating group) is 1. The summed E-state index contributed by atoms with van der Waals surface area (Å²) < 4.78 is 6.09. The van der Waals surface area contributed by atoms with Gasteiger partial charge in [-0.3, -0.25) is 24.3 Å². The first kappa shape index (κ1) is 33.1. The molecule has 0 aliphatic rings. The van der Waals surface area contributed by atoms with E-state index in [0.717, 1.165) is 22.2 Å². The number of fused-ring (bicyclic) bond motifs is 1. The number of aryl methyl sites for hydroxylation is 1. The zero-order chi connectivity index (χ0) is 33.5. The Hall–Kier alpha value is -5.25. The Labute approximate surface area is 282 Å². The maximum absolute atomic E-state index is 13.0. The largest absolute Gasteiger partial charge is 0.487 e. The van der Waals surface area contributed by atoms with Gasteiger partial charge in [-0.05, 0) is 67.1 Å². The van der Waals surface area contributed by atoms with Gasteiger partial charge in [0.05, 0.1) is 29.1 Å². The molecule has 5 rings (SSSR count). The highest BCUT2D eigenvalue weighted by atomic mass is 35.5. The maximum Gasteiger partial charge on any atom is 0.246 e. The number of aromatic nitrogens is 2. The molecule has 0 fully saturated rings. The summed E-state index contributed by atoms with van der Waals surface area (Å²) in [5.41, 5.74) is 4.57. The number of nitrogens with zero attached hydrogens (tertiary/aromatic N) is 4. The van der Waals surface area contributed by atoms with Gasteiger partial charge in [0.1, 0.15) is 17.9 Å². The number of carbonyl (C=O) groups is 3. The van der Waals surface area contributed by atoms with Gasteiger partial charge in [-0.2, -0.15) is 0 Å². The van der Waals surface area contributed by atoms with E-state index in [1.807, 2.05) is 37.3 Å². The maximum atomic E-state index is 13.0. The number of pyridine rings is 2. The first-order chi connectivity index (χ1) is 22.6. The van der Waals surface area contributed by atoms with Crippen LogP contribution < -0.4 is 19.9 Å². The second-order valence-corrected chi connectivity index (χ2v) is 11.4. The van der Waals surface area contributed by atoms with Gasteiger partial charge in [-0.25, -0.2) is 4.98 Å². The molecule has 0 bridgehead atoms. The lowest BCUT2D eigenvalue weighted by molar-refractivity contribution is -0.122. The molecule has 47 heavy (non-hydrogen) atoms. The fraction of sp³-hybridized carbons (Fsp3) is 0.139. The molecule has 0 spiro atoms. The number of nitrogens with one attached hydrogen (secondary N) is 1. The third-order valence-corrected chi connectivity index (χ3v) is 8.08. The van der Waals surface area contributed by atoms with Crippen LogP contribution in [0.1, 0.15) is 23.7 Å². The van der Waals surface area contributed by atoms with Crippen LogP contribution in [0.2, 0.25) is 10.0 Å². The van der Waals surface area contributed by atoms with E-state index in [-0.39, 0.29) is 30.0 Å². The first-order valence-electron chi connectivity index (χ1n) is 14.6. The van der Waals surface area contributed by atoms with Gasteiger partial charge in [0.25, 0.3) is 0 Å². The van der Waals surface area contributed by atoms with Crippen LogP contribution in [0.15, 0.2) is 97.3 Å². The predicted molar refractivity (Wildman–Crippen MR) is 186 cm³/mol. The summed E-state index contributed by atoms with van der Waals surface area (Å²) >= 11 is 13.2. The van der Waals surface area contributed by atoms with E-state index in [1.165, 1.54) is 17.9 Å². The number of benzene rings is 3. The number of halogens is 2. The smallest absolute Gasteiger partial charge is 0.246 e. The van der Waals surface area contributed by atoms with E-state index in [0.29, 0.717) is 33.4 Å². The lowest BCUT2D eigenvalue weighted by Crippen LogP contribution is -2.37. The van der Waals surface area contributed by atoms with Crippen molar-refractivity contribution >= 4 is 75.0 Å². The number of amides is 3. The number of carbonyl (C=O) groups excluding carboxylic acids is 3. The van der Waals surface area contributed by atoms with E-state index in [4.69, 9.17) is 27.9 Å². The minimum Gasteiger partial charge on any atom is -0.487 e. The molecule has 1 N–H and O–H groups in total. The summed E-state index contributed by atoms with van der Waals surface area (Å²) in [6.07, 6.45) is 6.20. The molecule has 0 aliphatic carbocycles. The Morgan fingerprint density at radius 1 is 0.936 bits per heavy atom. The van der Waals surface area contributed by atoms with Gasteiger partial charge in [0, 0.05) is 53.6 Å². The second-order valence-electron chi connectivity index (χ2n) is 10.6. The van der Waals surface area contributed by atoms with Crippen molar-refractivity contribution in [3.05, 3.63) is 124 Å². The number of anilines is 3. The molecule has 0 saturated carbocycles. The van der Waals surface area contributed by atoms with Crippen LogP contribution >= 0.6 is 23.2 Å². The van der Waals surface area contributed by atoms with Gasteiger partial charge >= 0.3 is 0 Å². The molecule has 9 nitrogen and oxygen atoms in total. The van der Waals surface area contributed by atoms with Crippen LogP contribution in [0, 0.1) is 6.92 Å². The van der Waals surface area contributed by atoms with Gasteiger partial charge in [-0.1, -0.05) is 53.5 Å². The van der Waals surface area contributed by atoms with Crippen molar-refractivity contribution in [1.29, 1.82) is 0 Å². The lowest BCUT2D eigenvalue weighted by atomic mass is 10.1. The molecule has 3 amide bonds. The highest BCUT2D eigenvalue weighted by Crippen LogP contribution is 2.35. The molecule has 11 heteroatoms. The number of ether oxygens (including phenoxy) is 1. The first-order valence-corrected chi connectivity index (χ1v) is 15.4. The Balaban J connectivity index is 1.19. The van der Waals surface area contributed by atoms with Crippen molar-refractivity contribution in [2.45, 2.75) is 20.5 Å². The van der Waals surface area contributed by atoms with Crippen LogP contribution in [0.3, 0.4) is 0 Å². The highest BCUT2D eigenvalue weighted by Gasteiger charge is 2.19. The molecule has 238 valence electrons. The predicted octanol–water partition coefficient (Wildman–Crippen LogP) is 7.30. The normalized spacial score (nSPS) is 11.0.